The Hall–Kier alpha value is -1.27. The number of aromatic nitrogens is 4. The van der Waals surface area contributed by atoms with Gasteiger partial charge in [0.05, 0.1) is 24.2 Å². The fourth-order valence-corrected chi connectivity index (χ4v) is 1.74. The van der Waals surface area contributed by atoms with Crippen molar-refractivity contribution in [2.24, 2.45) is 0 Å². The van der Waals surface area contributed by atoms with E-state index in [0.717, 1.165) is 10.8 Å². The van der Waals surface area contributed by atoms with Crippen LogP contribution < -0.4 is 0 Å². The average Bonchev–Trinajstić information content (AvgIpc) is 2.71. The van der Waals surface area contributed by atoms with Gasteiger partial charge in [-0.2, -0.15) is 4.68 Å². The molecule has 0 radical (unpaired) electrons. The second-order valence-corrected chi connectivity index (χ2v) is 3.40. The maximum Gasteiger partial charge on any atom is 0.212 e. The molecule has 2 aromatic rings. The molecule has 68 valence electrons. The topological polar surface area (TPSA) is 63.8 Å². The van der Waals surface area contributed by atoms with Gasteiger partial charge in [0.15, 0.2) is 0 Å². The predicted octanol–water partition coefficient (Wildman–Crippen LogP) is 0.525. The summed E-state index contributed by atoms with van der Waals surface area (Å²) in [5.74, 6) is 0. The first-order chi connectivity index (χ1) is 6.31. The van der Waals surface area contributed by atoms with Crippen LogP contribution in [0, 0.1) is 6.92 Å². The van der Waals surface area contributed by atoms with Crippen molar-refractivity contribution in [3.8, 4) is 5.13 Å². The molecule has 0 aliphatic carbocycles. The Balaban J connectivity index is 2.45. The SMILES string of the molecule is Cc1csc(-n2nncc2CO)n1. The van der Waals surface area contributed by atoms with E-state index in [1.807, 2.05) is 12.3 Å². The van der Waals surface area contributed by atoms with Crippen LogP contribution in [0.1, 0.15) is 11.4 Å². The number of aliphatic hydroxyl groups is 1. The predicted molar refractivity (Wildman–Crippen MR) is 47.7 cm³/mol. The third-order valence-electron chi connectivity index (χ3n) is 1.57. The van der Waals surface area contributed by atoms with Gasteiger partial charge < -0.3 is 5.11 Å². The lowest BCUT2D eigenvalue weighted by Gasteiger charge is -1.96. The van der Waals surface area contributed by atoms with Gasteiger partial charge in [-0.1, -0.05) is 5.21 Å². The maximum atomic E-state index is 8.95. The van der Waals surface area contributed by atoms with E-state index in [1.54, 1.807) is 0 Å². The molecule has 2 rings (SSSR count). The van der Waals surface area contributed by atoms with Gasteiger partial charge in [-0.15, -0.1) is 16.4 Å². The molecule has 5 nitrogen and oxygen atoms in total. The minimum Gasteiger partial charge on any atom is -0.390 e. The summed E-state index contributed by atoms with van der Waals surface area (Å²) in [6.45, 7) is 1.83. The molecule has 0 aromatic carbocycles. The molecule has 0 aliphatic rings. The molecule has 1 N–H and O–H groups in total. The normalized spacial score (nSPS) is 10.6. The highest BCUT2D eigenvalue weighted by Crippen LogP contribution is 2.14. The lowest BCUT2D eigenvalue weighted by Crippen LogP contribution is -2.01. The Morgan fingerprint density at radius 1 is 1.62 bits per heavy atom. The number of thiazole rings is 1. The Kier molecular flexibility index (Phi) is 2.07. The van der Waals surface area contributed by atoms with Gasteiger partial charge in [0, 0.05) is 5.38 Å². The largest absolute Gasteiger partial charge is 0.390 e. The van der Waals surface area contributed by atoms with Crippen molar-refractivity contribution in [2.75, 3.05) is 0 Å². The van der Waals surface area contributed by atoms with Crippen LogP contribution >= 0.6 is 11.3 Å². The number of hydrogen-bond acceptors (Lipinski definition) is 5. The summed E-state index contributed by atoms with van der Waals surface area (Å²) in [7, 11) is 0. The van der Waals surface area contributed by atoms with Gasteiger partial charge in [-0.25, -0.2) is 4.98 Å². The molecule has 0 unspecified atom stereocenters. The smallest absolute Gasteiger partial charge is 0.212 e. The van der Waals surface area contributed by atoms with Crippen molar-refractivity contribution in [3.63, 3.8) is 0 Å². The van der Waals surface area contributed by atoms with E-state index < -0.39 is 0 Å². The molecular weight excluding hydrogens is 188 g/mol. The molecule has 13 heavy (non-hydrogen) atoms. The zero-order chi connectivity index (χ0) is 9.26. The molecule has 2 heterocycles. The van der Waals surface area contributed by atoms with E-state index in [-0.39, 0.29) is 6.61 Å². The highest BCUT2D eigenvalue weighted by atomic mass is 32.1. The minimum atomic E-state index is -0.0778. The average molecular weight is 196 g/mol. The zero-order valence-electron chi connectivity index (χ0n) is 7.01. The van der Waals surface area contributed by atoms with Gasteiger partial charge in [-0.3, -0.25) is 0 Å². The molecule has 0 fully saturated rings. The molecule has 0 atom stereocenters. The number of nitrogens with zero attached hydrogens (tertiary/aromatic N) is 4. The third kappa shape index (κ3) is 1.45. The molecule has 0 spiro atoms. The van der Waals surface area contributed by atoms with Crippen LogP contribution in [-0.4, -0.2) is 25.1 Å². The summed E-state index contributed by atoms with van der Waals surface area (Å²) in [5.41, 5.74) is 1.59. The second-order valence-electron chi connectivity index (χ2n) is 2.57. The highest BCUT2D eigenvalue weighted by molar-refractivity contribution is 7.12. The summed E-state index contributed by atoms with van der Waals surface area (Å²) in [6, 6.07) is 0. The van der Waals surface area contributed by atoms with Gasteiger partial charge in [0.1, 0.15) is 0 Å². The Labute approximate surface area is 78.7 Å². The minimum absolute atomic E-state index is 0.0778. The molecule has 0 amide bonds. The van der Waals surface area contributed by atoms with Crippen molar-refractivity contribution in [3.05, 3.63) is 23.0 Å². The molecule has 2 aromatic heterocycles. The van der Waals surface area contributed by atoms with Crippen LogP contribution in [0.3, 0.4) is 0 Å². The van der Waals surface area contributed by atoms with Crippen LogP contribution in [0.5, 0.6) is 0 Å². The van der Waals surface area contributed by atoms with E-state index in [1.165, 1.54) is 22.2 Å². The summed E-state index contributed by atoms with van der Waals surface area (Å²) in [6.07, 6.45) is 1.52. The van der Waals surface area contributed by atoms with Gasteiger partial charge in [0.2, 0.25) is 5.13 Å². The van der Waals surface area contributed by atoms with E-state index in [2.05, 4.69) is 15.3 Å². The molecule has 0 saturated carbocycles. The van der Waals surface area contributed by atoms with Crippen molar-refractivity contribution < 1.29 is 5.11 Å². The van der Waals surface area contributed by atoms with E-state index in [9.17, 15) is 0 Å². The Bertz CT molecular complexity index is 408. The second kappa shape index (κ2) is 3.23. The van der Waals surface area contributed by atoms with Gasteiger partial charge in [0.25, 0.3) is 0 Å². The van der Waals surface area contributed by atoms with Crippen molar-refractivity contribution >= 4 is 11.3 Å². The molecule has 0 aliphatic heterocycles. The van der Waals surface area contributed by atoms with Crippen molar-refractivity contribution in [2.45, 2.75) is 13.5 Å². The van der Waals surface area contributed by atoms with E-state index in [4.69, 9.17) is 5.11 Å². The van der Waals surface area contributed by atoms with Crippen LogP contribution in [0.2, 0.25) is 0 Å². The van der Waals surface area contributed by atoms with Gasteiger partial charge >= 0.3 is 0 Å². The first kappa shape index (κ1) is 8.33. The number of aliphatic hydroxyl groups excluding tert-OH is 1. The van der Waals surface area contributed by atoms with Crippen molar-refractivity contribution in [1.82, 2.24) is 20.0 Å². The van der Waals surface area contributed by atoms with E-state index in [0.29, 0.717) is 5.69 Å². The molecule has 0 bridgehead atoms. The fourth-order valence-electron chi connectivity index (χ4n) is 0.964. The summed E-state index contributed by atoms with van der Waals surface area (Å²) >= 11 is 1.48. The monoisotopic (exact) mass is 196 g/mol. The molecule has 0 saturated heterocycles. The lowest BCUT2D eigenvalue weighted by atomic mass is 10.5. The Morgan fingerprint density at radius 3 is 3.08 bits per heavy atom. The zero-order valence-corrected chi connectivity index (χ0v) is 7.82. The van der Waals surface area contributed by atoms with Crippen LogP contribution in [0.15, 0.2) is 11.6 Å². The molecular formula is C7H8N4OS. The van der Waals surface area contributed by atoms with Gasteiger partial charge in [-0.05, 0) is 6.92 Å². The van der Waals surface area contributed by atoms with Crippen LogP contribution in [-0.2, 0) is 6.61 Å². The highest BCUT2D eigenvalue weighted by Gasteiger charge is 2.07. The molecule has 6 heteroatoms. The quantitative estimate of drug-likeness (QED) is 0.760. The maximum absolute atomic E-state index is 8.95. The van der Waals surface area contributed by atoms with Crippen LogP contribution in [0.25, 0.3) is 5.13 Å². The van der Waals surface area contributed by atoms with E-state index >= 15 is 0 Å². The lowest BCUT2D eigenvalue weighted by molar-refractivity contribution is 0.273. The summed E-state index contributed by atoms with van der Waals surface area (Å²) in [4.78, 5) is 4.23. The van der Waals surface area contributed by atoms with Crippen LogP contribution in [0.4, 0.5) is 0 Å². The number of hydrogen-bond donors (Lipinski definition) is 1. The fraction of sp³-hybridized carbons (Fsp3) is 0.286. The third-order valence-corrected chi connectivity index (χ3v) is 2.50. The summed E-state index contributed by atoms with van der Waals surface area (Å²) in [5, 5.41) is 19.1. The first-order valence-corrected chi connectivity index (χ1v) is 4.62. The van der Waals surface area contributed by atoms with Crippen molar-refractivity contribution in [1.29, 1.82) is 0 Å². The first-order valence-electron chi connectivity index (χ1n) is 3.74. The number of rotatable bonds is 2. The Morgan fingerprint density at radius 2 is 2.46 bits per heavy atom. The summed E-state index contributed by atoms with van der Waals surface area (Å²) < 4.78 is 1.54. The standard InChI is InChI=1S/C7H8N4OS/c1-5-4-13-7(9-5)11-6(3-12)2-8-10-11/h2,4,12H,3H2,1H3. The number of aryl methyl sites for hydroxylation is 1.